The van der Waals surface area contributed by atoms with Gasteiger partial charge in [0.1, 0.15) is 0 Å². The first-order valence-electron chi connectivity index (χ1n) is 8.42. The number of ether oxygens (including phenoxy) is 3. The fourth-order valence-electron chi connectivity index (χ4n) is 4.14. The van der Waals surface area contributed by atoms with Crippen LogP contribution < -0.4 is 9.47 Å². The fraction of sp³-hybridized carbons (Fsp3) is 0.611. The van der Waals surface area contributed by atoms with E-state index in [1.165, 1.54) is 0 Å². The molecule has 1 aromatic carbocycles. The standard InChI is InChI=1S/C18H24ClNO5/c1-23-15-8-12(7-14(19)16(15)24-2)9-20-10-13(17(21)22)18(11-20)3-5-25-6-4-18/h7-8,13H,3-6,9-11H2,1-2H3,(H,21,22). The van der Waals surface area contributed by atoms with Crippen molar-refractivity contribution in [2.45, 2.75) is 19.4 Å². The van der Waals surface area contributed by atoms with Crippen LogP contribution in [0, 0.1) is 11.3 Å². The third-order valence-corrected chi connectivity index (χ3v) is 5.69. The van der Waals surface area contributed by atoms with Gasteiger partial charge >= 0.3 is 5.97 Å². The van der Waals surface area contributed by atoms with Gasteiger partial charge in [0.05, 0.1) is 25.2 Å². The maximum Gasteiger partial charge on any atom is 0.308 e. The van der Waals surface area contributed by atoms with E-state index < -0.39 is 5.97 Å². The molecule has 6 nitrogen and oxygen atoms in total. The third kappa shape index (κ3) is 3.57. The average molecular weight is 370 g/mol. The van der Waals surface area contributed by atoms with Gasteiger partial charge < -0.3 is 19.3 Å². The van der Waals surface area contributed by atoms with Gasteiger partial charge in [0, 0.05) is 38.3 Å². The van der Waals surface area contributed by atoms with E-state index in [-0.39, 0.29) is 11.3 Å². The molecule has 1 aromatic rings. The molecule has 1 unspecified atom stereocenters. The van der Waals surface area contributed by atoms with Gasteiger partial charge in [-0.2, -0.15) is 0 Å². The summed E-state index contributed by atoms with van der Waals surface area (Å²) >= 11 is 6.29. The molecule has 0 aliphatic carbocycles. The van der Waals surface area contributed by atoms with Crippen molar-refractivity contribution >= 4 is 17.6 Å². The number of nitrogens with zero attached hydrogens (tertiary/aromatic N) is 1. The number of halogens is 1. The van der Waals surface area contributed by atoms with Gasteiger partial charge in [-0.1, -0.05) is 11.6 Å². The van der Waals surface area contributed by atoms with E-state index in [1.807, 2.05) is 12.1 Å². The van der Waals surface area contributed by atoms with Crippen molar-refractivity contribution in [3.05, 3.63) is 22.7 Å². The number of likely N-dealkylation sites (tertiary alicyclic amines) is 1. The van der Waals surface area contributed by atoms with Crippen molar-refractivity contribution in [1.82, 2.24) is 4.90 Å². The Kier molecular flexibility index (Phi) is 5.41. The summed E-state index contributed by atoms with van der Waals surface area (Å²) in [7, 11) is 3.13. The number of carboxylic acid groups (broad SMARTS) is 1. The molecule has 0 radical (unpaired) electrons. The number of hydrogen-bond donors (Lipinski definition) is 1. The number of carbonyl (C=O) groups is 1. The second-order valence-corrected chi connectivity index (χ2v) is 7.26. The van der Waals surface area contributed by atoms with E-state index in [2.05, 4.69) is 4.90 Å². The molecule has 138 valence electrons. The van der Waals surface area contributed by atoms with Gasteiger partial charge in [0.2, 0.25) is 0 Å². The Bertz CT molecular complexity index is 645. The number of rotatable bonds is 5. The molecular weight excluding hydrogens is 346 g/mol. The Morgan fingerprint density at radius 3 is 2.68 bits per heavy atom. The normalized spacial score (nSPS) is 22.9. The summed E-state index contributed by atoms with van der Waals surface area (Å²) in [6, 6.07) is 3.75. The molecule has 2 fully saturated rings. The molecule has 0 saturated carbocycles. The van der Waals surface area contributed by atoms with Crippen LogP contribution in [0.5, 0.6) is 11.5 Å². The Balaban J connectivity index is 1.80. The number of benzene rings is 1. The lowest BCUT2D eigenvalue weighted by molar-refractivity contribution is -0.147. The minimum Gasteiger partial charge on any atom is -0.493 e. The number of hydrogen-bond acceptors (Lipinski definition) is 5. The molecule has 1 spiro atoms. The van der Waals surface area contributed by atoms with E-state index in [9.17, 15) is 9.90 Å². The van der Waals surface area contributed by atoms with Crippen LogP contribution in [0.15, 0.2) is 12.1 Å². The Morgan fingerprint density at radius 1 is 1.36 bits per heavy atom. The highest BCUT2D eigenvalue weighted by Crippen LogP contribution is 2.45. The maximum atomic E-state index is 11.8. The largest absolute Gasteiger partial charge is 0.493 e. The van der Waals surface area contributed by atoms with Crippen LogP contribution in [0.4, 0.5) is 0 Å². The third-order valence-electron chi connectivity index (χ3n) is 5.40. The minimum absolute atomic E-state index is 0.190. The Morgan fingerprint density at radius 2 is 2.08 bits per heavy atom. The highest BCUT2D eigenvalue weighted by molar-refractivity contribution is 6.32. The fourth-order valence-corrected chi connectivity index (χ4v) is 4.45. The van der Waals surface area contributed by atoms with Crippen LogP contribution in [0.2, 0.25) is 5.02 Å². The van der Waals surface area contributed by atoms with Gasteiger partial charge in [-0.3, -0.25) is 9.69 Å². The van der Waals surface area contributed by atoms with Crippen molar-refractivity contribution in [1.29, 1.82) is 0 Å². The highest BCUT2D eigenvalue weighted by atomic mass is 35.5. The van der Waals surface area contributed by atoms with Gasteiger partial charge in [0.15, 0.2) is 11.5 Å². The lowest BCUT2D eigenvalue weighted by atomic mass is 9.72. The number of methoxy groups -OCH3 is 2. The monoisotopic (exact) mass is 369 g/mol. The lowest BCUT2D eigenvalue weighted by Crippen LogP contribution is -2.40. The maximum absolute atomic E-state index is 11.8. The van der Waals surface area contributed by atoms with Crippen LogP contribution in [0.25, 0.3) is 0 Å². The van der Waals surface area contributed by atoms with Gasteiger partial charge in [-0.05, 0) is 30.5 Å². The first-order chi connectivity index (χ1) is 12.0. The summed E-state index contributed by atoms with van der Waals surface area (Å²) in [4.78, 5) is 14.0. The lowest BCUT2D eigenvalue weighted by Gasteiger charge is -2.36. The summed E-state index contributed by atoms with van der Waals surface area (Å²) < 4.78 is 16.1. The molecular formula is C18H24ClNO5. The van der Waals surface area contributed by atoms with Crippen molar-refractivity contribution in [3.8, 4) is 11.5 Å². The van der Waals surface area contributed by atoms with E-state index in [0.717, 1.165) is 24.9 Å². The smallest absolute Gasteiger partial charge is 0.308 e. The molecule has 0 amide bonds. The van der Waals surface area contributed by atoms with Crippen molar-refractivity contribution in [2.24, 2.45) is 11.3 Å². The molecule has 0 bridgehead atoms. The zero-order valence-electron chi connectivity index (χ0n) is 14.6. The molecule has 1 atom stereocenters. The predicted molar refractivity (Wildman–Crippen MR) is 93.4 cm³/mol. The predicted octanol–water partition coefficient (Wildman–Crippen LogP) is 2.67. The summed E-state index contributed by atoms with van der Waals surface area (Å²) in [5.74, 6) is 0.0279. The van der Waals surface area contributed by atoms with E-state index in [4.69, 9.17) is 25.8 Å². The summed E-state index contributed by atoms with van der Waals surface area (Å²) in [5, 5.41) is 10.2. The zero-order valence-corrected chi connectivity index (χ0v) is 15.3. The Labute approximate surface area is 152 Å². The SMILES string of the molecule is COc1cc(CN2CC(C(=O)O)C3(CCOCC3)C2)cc(Cl)c1OC. The highest BCUT2D eigenvalue weighted by Gasteiger charge is 2.50. The van der Waals surface area contributed by atoms with E-state index in [0.29, 0.717) is 42.8 Å². The first kappa shape index (κ1) is 18.3. The first-order valence-corrected chi connectivity index (χ1v) is 8.80. The molecule has 2 heterocycles. The molecule has 7 heteroatoms. The second-order valence-electron chi connectivity index (χ2n) is 6.85. The molecule has 25 heavy (non-hydrogen) atoms. The minimum atomic E-state index is -0.713. The second kappa shape index (κ2) is 7.40. The molecule has 2 aliphatic rings. The van der Waals surface area contributed by atoms with E-state index >= 15 is 0 Å². The zero-order chi connectivity index (χ0) is 18.0. The van der Waals surface area contributed by atoms with Crippen molar-refractivity contribution in [2.75, 3.05) is 40.5 Å². The Hall–Kier alpha value is -1.50. The van der Waals surface area contributed by atoms with Crippen LogP contribution >= 0.6 is 11.6 Å². The average Bonchev–Trinajstić information content (AvgIpc) is 2.92. The number of carboxylic acids is 1. The summed E-state index contributed by atoms with van der Waals surface area (Å²) in [6.45, 7) is 3.21. The van der Waals surface area contributed by atoms with Crippen LogP contribution in [0.1, 0.15) is 18.4 Å². The molecule has 1 N–H and O–H groups in total. The topological polar surface area (TPSA) is 68.2 Å². The van der Waals surface area contributed by atoms with Gasteiger partial charge in [-0.25, -0.2) is 0 Å². The molecule has 2 aliphatic heterocycles. The van der Waals surface area contributed by atoms with Crippen LogP contribution in [0.3, 0.4) is 0 Å². The molecule has 3 rings (SSSR count). The van der Waals surface area contributed by atoms with E-state index in [1.54, 1.807) is 14.2 Å². The van der Waals surface area contributed by atoms with Gasteiger partial charge in [-0.15, -0.1) is 0 Å². The quantitative estimate of drug-likeness (QED) is 0.860. The summed E-state index contributed by atoms with van der Waals surface area (Å²) in [5.41, 5.74) is 0.792. The van der Waals surface area contributed by atoms with Crippen LogP contribution in [-0.4, -0.2) is 56.5 Å². The van der Waals surface area contributed by atoms with Gasteiger partial charge in [0.25, 0.3) is 0 Å². The summed E-state index contributed by atoms with van der Waals surface area (Å²) in [6.07, 6.45) is 1.60. The number of aliphatic carboxylic acids is 1. The molecule has 0 aromatic heterocycles. The van der Waals surface area contributed by atoms with Crippen LogP contribution in [-0.2, 0) is 16.1 Å². The van der Waals surface area contributed by atoms with Crippen molar-refractivity contribution in [3.63, 3.8) is 0 Å². The van der Waals surface area contributed by atoms with Crippen molar-refractivity contribution < 1.29 is 24.1 Å². The molecule has 2 saturated heterocycles.